The summed E-state index contributed by atoms with van der Waals surface area (Å²) >= 11 is 5.28. The molecular formula is C8H12ClN3O2. The molecule has 1 rings (SSSR count). The van der Waals surface area contributed by atoms with Gasteiger partial charge in [-0.25, -0.2) is 5.43 Å². The van der Waals surface area contributed by atoms with Gasteiger partial charge in [0.2, 0.25) is 0 Å². The second-order valence-electron chi connectivity index (χ2n) is 2.85. The smallest absolute Gasteiger partial charge is 0.287 e. The summed E-state index contributed by atoms with van der Waals surface area (Å²) in [5, 5.41) is 5.11. The number of oxime groups is 1. The Labute approximate surface area is 87.3 Å². The minimum absolute atomic E-state index is 0.118. The molecule has 1 fully saturated rings. The van der Waals surface area contributed by atoms with Crippen molar-refractivity contribution in [3.8, 4) is 0 Å². The first-order valence-corrected chi connectivity index (χ1v) is 4.59. The number of halogens is 1. The molecule has 5 nitrogen and oxygen atoms in total. The van der Waals surface area contributed by atoms with Crippen molar-refractivity contribution >= 4 is 23.2 Å². The summed E-state index contributed by atoms with van der Waals surface area (Å²) in [5.41, 5.74) is 4.59. The molecule has 0 aromatic rings. The molecule has 0 bridgehead atoms. The Kier molecular flexibility index (Phi) is 3.91. The van der Waals surface area contributed by atoms with Gasteiger partial charge in [-0.15, -0.1) is 0 Å². The Morgan fingerprint density at radius 2 is 2.50 bits per heavy atom. The van der Waals surface area contributed by atoms with E-state index in [0.717, 1.165) is 0 Å². The van der Waals surface area contributed by atoms with Gasteiger partial charge < -0.3 is 4.84 Å². The highest BCUT2D eigenvalue weighted by Crippen LogP contribution is 2.03. The van der Waals surface area contributed by atoms with E-state index in [1.54, 1.807) is 13.1 Å². The standard InChI is InChI=1S/C8H12ClN3O2/c1-6-7(8(13)12(2)10-6)11-14-5-3-4-9/h3-4,6,10H,5H2,1-2H3. The van der Waals surface area contributed by atoms with E-state index in [1.165, 1.54) is 10.5 Å². The van der Waals surface area contributed by atoms with Crippen molar-refractivity contribution in [2.45, 2.75) is 13.0 Å². The maximum absolute atomic E-state index is 11.4. The number of carbonyl (C=O) groups is 1. The second-order valence-corrected chi connectivity index (χ2v) is 3.10. The zero-order chi connectivity index (χ0) is 10.6. The normalized spacial score (nSPS) is 25.4. The van der Waals surface area contributed by atoms with Crippen molar-refractivity contribution < 1.29 is 9.63 Å². The quantitative estimate of drug-likeness (QED) is 0.553. The van der Waals surface area contributed by atoms with Crippen molar-refractivity contribution in [3.63, 3.8) is 0 Å². The summed E-state index contributed by atoms with van der Waals surface area (Å²) in [7, 11) is 1.64. The molecule has 1 saturated heterocycles. The maximum Gasteiger partial charge on any atom is 0.287 e. The molecule has 0 saturated carbocycles. The summed E-state index contributed by atoms with van der Waals surface area (Å²) in [6.07, 6.45) is 1.59. The molecule has 0 aromatic carbocycles. The first-order chi connectivity index (χ1) is 6.66. The van der Waals surface area contributed by atoms with Crippen LogP contribution in [0.15, 0.2) is 16.8 Å². The molecule has 14 heavy (non-hydrogen) atoms. The van der Waals surface area contributed by atoms with Crippen LogP contribution in [0.25, 0.3) is 0 Å². The first kappa shape index (κ1) is 11.0. The molecule has 0 aliphatic carbocycles. The number of hydrazine groups is 1. The largest absolute Gasteiger partial charge is 0.391 e. The Morgan fingerprint density at radius 3 is 3.00 bits per heavy atom. The molecule has 1 heterocycles. The summed E-state index contributed by atoms with van der Waals surface area (Å²) in [4.78, 5) is 16.3. The minimum atomic E-state index is -0.174. The van der Waals surface area contributed by atoms with Gasteiger partial charge in [-0.05, 0) is 13.0 Å². The summed E-state index contributed by atoms with van der Waals surface area (Å²) in [5.74, 6) is -0.174. The molecule has 1 amide bonds. The van der Waals surface area contributed by atoms with E-state index in [-0.39, 0.29) is 18.6 Å². The van der Waals surface area contributed by atoms with E-state index in [4.69, 9.17) is 16.4 Å². The highest BCUT2D eigenvalue weighted by atomic mass is 35.5. The van der Waals surface area contributed by atoms with Gasteiger partial charge in [0, 0.05) is 12.6 Å². The zero-order valence-corrected chi connectivity index (χ0v) is 8.78. The van der Waals surface area contributed by atoms with Gasteiger partial charge in [0.15, 0.2) is 5.71 Å². The predicted octanol–water partition coefficient (Wildman–Crippen LogP) is 0.477. The van der Waals surface area contributed by atoms with Gasteiger partial charge in [0.05, 0.1) is 6.04 Å². The molecule has 1 aliphatic heterocycles. The lowest BCUT2D eigenvalue weighted by molar-refractivity contribution is -0.123. The first-order valence-electron chi connectivity index (χ1n) is 4.16. The van der Waals surface area contributed by atoms with Crippen molar-refractivity contribution in [1.29, 1.82) is 0 Å². The Morgan fingerprint density at radius 1 is 1.79 bits per heavy atom. The summed E-state index contributed by atoms with van der Waals surface area (Å²) in [6, 6.07) is -0.118. The molecule has 0 spiro atoms. The minimum Gasteiger partial charge on any atom is -0.391 e. The van der Waals surface area contributed by atoms with Crippen molar-refractivity contribution in [2.24, 2.45) is 5.16 Å². The Hall–Kier alpha value is -1.07. The van der Waals surface area contributed by atoms with Crippen LogP contribution in [-0.2, 0) is 9.63 Å². The highest BCUT2D eigenvalue weighted by molar-refractivity contribution is 6.41. The van der Waals surface area contributed by atoms with Crippen LogP contribution < -0.4 is 5.43 Å². The van der Waals surface area contributed by atoms with Gasteiger partial charge in [-0.3, -0.25) is 9.80 Å². The Bertz CT molecular complexity index is 278. The fourth-order valence-electron chi connectivity index (χ4n) is 1.07. The third kappa shape index (κ3) is 2.46. The molecule has 6 heteroatoms. The van der Waals surface area contributed by atoms with E-state index in [0.29, 0.717) is 5.71 Å². The number of nitrogens with one attached hydrogen (secondary N) is 1. The Balaban J connectivity index is 2.54. The van der Waals surface area contributed by atoms with Crippen molar-refractivity contribution in [2.75, 3.05) is 13.7 Å². The highest BCUT2D eigenvalue weighted by Gasteiger charge is 2.31. The van der Waals surface area contributed by atoms with Crippen LogP contribution in [0.4, 0.5) is 0 Å². The fraction of sp³-hybridized carbons (Fsp3) is 0.500. The SMILES string of the molecule is CC1NN(C)C(=O)C1=NOCC=CCl. The third-order valence-electron chi connectivity index (χ3n) is 1.74. The van der Waals surface area contributed by atoms with Crippen LogP contribution in [0.1, 0.15) is 6.92 Å². The van der Waals surface area contributed by atoms with E-state index < -0.39 is 0 Å². The second kappa shape index (κ2) is 4.97. The number of carbonyl (C=O) groups excluding carboxylic acids is 1. The number of nitrogens with zero attached hydrogens (tertiary/aromatic N) is 2. The lowest BCUT2D eigenvalue weighted by atomic mass is 10.2. The van der Waals surface area contributed by atoms with Crippen molar-refractivity contribution in [3.05, 3.63) is 11.6 Å². The summed E-state index contributed by atoms with van der Waals surface area (Å²) in [6.45, 7) is 2.09. The van der Waals surface area contributed by atoms with E-state index in [2.05, 4.69) is 10.6 Å². The van der Waals surface area contributed by atoms with Crippen LogP contribution in [0.5, 0.6) is 0 Å². The van der Waals surface area contributed by atoms with E-state index in [9.17, 15) is 4.79 Å². The van der Waals surface area contributed by atoms with Crippen LogP contribution in [-0.4, -0.2) is 36.3 Å². The van der Waals surface area contributed by atoms with Crippen LogP contribution in [0, 0.1) is 0 Å². The summed E-state index contributed by atoms with van der Waals surface area (Å²) < 4.78 is 0. The molecule has 0 radical (unpaired) electrons. The number of amides is 1. The van der Waals surface area contributed by atoms with Crippen molar-refractivity contribution in [1.82, 2.24) is 10.4 Å². The molecule has 0 aromatic heterocycles. The topological polar surface area (TPSA) is 53.9 Å². The predicted molar refractivity (Wildman–Crippen MR) is 53.7 cm³/mol. The van der Waals surface area contributed by atoms with Gasteiger partial charge in [0.1, 0.15) is 6.61 Å². The van der Waals surface area contributed by atoms with Crippen LogP contribution >= 0.6 is 11.6 Å². The van der Waals surface area contributed by atoms with Gasteiger partial charge in [-0.2, -0.15) is 0 Å². The van der Waals surface area contributed by atoms with Gasteiger partial charge in [-0.1, -0.05) is 16.8 Å². The molecule has 1 N–H and O–H groups in total. The van der Waals surface area contributed by atoms with Gasteiger partial charge >= 0.3 is 0 Å². The van der Waals surface area contributed by atoms with E-state index in [1.807, 2.05) is 6.92 Å². The average molecular weight is 218 g/mol. The molecule has 1 atom stereocenters. The van der Waals surface area contributed by atoms with Crippen LogP contribution in [0.3, 0.4) is 0 Å². The van der Waals surface area contributed by atoms with Gasteiger partial charge in [0.25, 0.3) is 5.91 Å². The number of hydrogen-bond acceptors (Lipinski definition) is 4. The molecule has 1 aliphatic rings. The lowest BCUT2D eigenvalue weighted by Crippen LogP contribution is -2.32. The third-order valence-corrected chi connectivity index (χ3v) is 1.92. The molecule has 1 unspecified atom stereocenters. The zero-order valence-electron chi connectivity index (χ0n) is 8.03. The number of rotatable bonds is 3. The molecule has 78 valence electrons. The number of hydrogen-bond donors (Lipinski definition) is 1. The monoisotopic (exact) mass is 217 g/mol. The maximum atomic E-state index is 11.4. The average Bonchev–Trinajstić information content (AvgIpc) is 2.38. The molecular weight excluding hydrogens is 206 g/mol. The fourth-order valence-corrected chi connectivity index (χ4v) is 1.14. The van der Waals surface area contributed by atoms with Crippen LogP contribution in [0.2, 0.25) is 0 Å². The van der Waals surface area contributed by atoms with E-state index >= 15 is 0 Å². The lowest BCUT2D eigenvalue weighted by Gasteiger charge is -2.06.